The minimum Gasteiger partial charge on any atom is -0.384 e. The lowest BCUT2D eigenvalue weighted by Crippen LogP contribution is -2.51. The summed E-state index contributed by atoms with van der Waals surface area (Å²) in [6, 6.07) is 13.2. The summed E-state index contributed by atoms with van der Waals surface area (Å²) in [7, 11) is 0. The zero-order chi connectivity index (χ0) is 24.4. The number of nitrogens with two attached hydrogens (primary N) is 2. The molecule has 2 aromatic carbocycles. The molecule has 0 saturated carbocycles. The molecule has 0 bridgehead atoms. The third-order valence-electron chi connectivity index (χ3n) is 6.77. The van der Waals surface area contributed by atoms with E-state index >= 15 is 0 Å². The monoisotopic (exact) mass is 463 g/mol. The Morgan fingerprint density at radius 2 is 1.85 bits per heavy atom. The van der Waals surface area contributed by atoms with Crippen LogP contribution < -0.4 is 16.8 Å². The van der Waals surface area contributed by atoms with Crippen LogP contribution >= 0.6 is 0 Å². The van der Waals surface area contributed by atoms with Crippen molar-refractivity contribution in [3.05, 3.63) is 71.2 Å². The highest BCUT2D eigenvalue weighted by Crippen LogP contribution is 2.31. The van der Waals surface area contributed by atoms with Crippen LogP contribution in [0, 0.1) is 18.7 Å². The largest absolute Gasteiger partial charge is 0.384 e. The summed E-state index contributed by atoms with van der Waals surface area (Å²) in [5, 5.41) is 4.39. The van der Waals surface area contributed by atoms with Gasteiger partial charge in [0.15, 0.2) is 0 Å². The summed E-state index contributed by atoms with van der Waals surface area (Å²) >= 11 is 0. The van der Waals surface area contributed by atoms with Crippen LogP contribution in [0.5, 0.6) is 0 Å². The van der Waals surface area contributed by atoms with Gasteiger partial charge in [-0.3, -0.25) is 14.5 Å². The number of hydrogen-bond acceptors (Lipinski definition) is 5. The molecule has 5 N–H and O–H groups in total. The highest BCUT2D eigenvalue weighted by atomic mass is 19.1. The smallest absolute Gasteiger partial charge is 0.237 e. The van der Waals surface area contributed by atoms with Crippen molar-refractivity contribution in [3.8, 4) is 0 Å². The molecular formula is C26H30FN5O2. The summed E-state index contributed by atoms with van der Waals surface area (Å²) in [6.45, 7) is 4.50. The minimum absolute atomic E-state index is 0.116. The number of likely N-dealkylation sites (tertiary alicyclic amines) is 1. The number of benzene rings is 2. The average Bonchev–Trinajstić information content (AvgIpc) is 3.24. The van der Waals surface area contributed by atoms with Crippen molar-refractivity contribution in [1.29, 1.82) is 0 Å². The summed E-state index contributed by atoms with van der Waals surface area (Å²) in [5.41, 5.74) is 14.1. The van der Waals surface area contributed by atoms with Crippen LogP contribution in [0.1, 0.15) is 30.2 Å². The summed E-state index contributed by atoms with van der Waals surface area (Å²) in [5.74, 6) is -0.327. The number of rotatable bonds is 7. The Hall–Kier alpha value is -3.52. The number of primary amides is 1. The third kappa shape index (κ3) is 4.87. The molecule has 1 aromatic heterocycles. The third-order valence-corrected chi connectivity index (χ3v) is 6.77. The zero-order valence-corrected chi connectivity index (χ0v) is 19.4. The molecule has 1 fully saturated rings. The molecule has 2 amide bonds. The minimum atomic E-state index is -0.533. The number of nitrogens with one attached hydrogen (secondary N) is 1. The van der Waals surface area contributed by atoms with Gasteiger partial charge in [0, 0.05) is 24.2 Å². The highest BCUT2D eigenvalue weighted by molar-refractivity contribution is 5.87. The van der Waals surface area contributed by atoms with E-state index in [9.17, 15) is 14.0 Å². The van der Waals surface area contributed by atoms with Crippen molar-refractivity contribution < 1.29 is 14.0 Å². The molecule has 4 rings (SSSR count). The van der Waals surface area contributed by atoms with E-state index in [0.717, 1.165) is 22.2 Å². The van der Waals surface area contributed by atoms with Crippen molar-refractivity contribution in [2.24, 2.45) is 11.7 Å². The van der Waals surface area contributed by atoms with Gasteiger partial charge in [0.05, 0.1) is 12.1 Å². The molecule has 0 aliphatic carbocycles. The fourth-order valence-corrected chi connectivity index (χ4v) is 4.90. The van der Waals surface area contributed by atoms with Crippen LogP contribution in [0.3, 0.4) is 0 Å². The van der Waals surface area contributed by atoms with Crippen molar-refractivity contribution in [3.63, 3.8) is 0 Å². The number of nitrogens with zero attached hydrogens (tertiary/aromatic N) is 2. The van der Waals surface area contributed by atoms with Crippen molar-refractivity contribution in [1.82, 2.24) is 15.2 Å². The molecule has 8 heteroatoms. The Balaban J connectivity index is 1.46. The van der Waals surface area contributed by atoms with Gasteiger partial charge in [-0.25, -0.2) is 9.37 Å². The number of pyridine rings is 1. The van der Waals surface area contributed by atoms with Crippen LogP contribution in [-0.4, -0.2) is 40.3 Å². The first kappa shape index (κ1) is 23.6. The van der Waals surface area contributed by atoms with Gasteiger partial charge >= 0.3 is 0 Å². The molecule has 3 atom stereocenters. The lowest BCUT2D eigenvalue weighted by Gasteiger charge is -2.28. The predicted octanol–water partition coefficient (Wildman–Crippen LogP) is 2.69. The maximum atomic E-state index is 14.2. The second-order valence-corrected chi connectivity index (χ2v) is 9.05. The van der Waals surface area contributed by atoms with Gasteiger partial charge < -0.3 is 16.8 Å². The second-order valence-electron chi connectivity index (χ2n) is 9.05. The Labute approximate surface area is 198 Å². The topological polar surface area (TPSA) is 114 Å². The summed E-state index contributed by atoms with van der Waals surface area (Å²) < 4.78 is 14.2. The predicted molar refractivity (Wildman–Crippen MR) is 130 cm³/mol. The summed E-state index contributed by atoms with van der Waals surface area (Å²) in [6.07, 6.45) is 1.23. The molecule has 1 saturated heterocycles. The molecule has 1 aliphatic heterocycles. The van der Waals surface area contributed by atoms with Crippen molar-refractivity contribution >= 4 is 28.4 Å². The molecule has 34 heavy (non-hydrogen) atoms. The van der Waals surface area contributed by atoms with Gasteiger partial charge in [0.2, 0.25) is 11.8 Å². The fourth-order valence-electron chi connectivity index (χ4n) is 4.90. The molecule has 178 valence electrons. The van der Waals surface area contributed by atoms with Crippen LogP contribution in [0.25, 0.3) is 10.8 Å². The molecule has 2 heterocycles. The van der Waals surface area contributed by atoms with Gasteiger partial charge in [0.1, 0.15) is 11.6 Å². The van der Waals surface area contributed by atoms with Crippen molar-refractivity contribution in [2.45, 2.75) is 45.3 Å². The van der Waals surface area contributed by atoms with E-state index in [1.165, 1.54) is 6.07 Å². The Morgan fingerprint density at radius 1 is 1.15 bits per heavy atom. The van der Waals surface area contributed by atoms with E-state index in [0.29, 0.717) is 37.1 Å². The van der Waals surface area contributed by atoms with Gasteiger partial charge in [-0.2, -0.15) is 0 Å². The van der Waals surface area contributed by atoms with Gasteiger partial charge in [0.25, 0.3) is 0 Å². The maximum Gasteiger partial charge on any atom is 0.237 e. The normalized spacial score (nSPS) is 19.3. The molecule has 0 spiro atoms. The average molecular weight is 464 g/mol. The fraction of sp³-hybridized carbons (Fsp3) is 0.346. The van der Waals surface area contributed by atoms with E-state index in [2.05, 4.69) is 10.3 Å². The van der Waals surface area contributed by atoms with Gasteiger partial charge in [-0.1, -0.05) is 36.4 Å². The number of amides is 2. The maximum absolute atomic E-state index is 14.2. The Kier molecular flexibility index (Phi) is 6.79. The number of carbonyl (C=O) groups excluding carboxylic acids is 2. The van der Waals surface area contributed by atoms with E-state index in [4.69, 9.17) is 11.5 Å². The lowest BCUT2D eigenvalue weighted by atomic mass is 9.93. The molecule has 2 unspecified atom stereocenters. The number of anilines is 1. The summed E-state index contributed by atoms with van der Waals surface area (Å²) in [4.78, 5) is 31.3. The van der Waals surface area contributed by atoms with Crippen molar-refractivity contribution in [2.75, 3.05) is 12.3 Å². The number of fused-ring (bicyclic) bond motifs is 1. The number of nitrogen functional groups attached to an aromatic ring is 1. The quantitative estimate of drug-likeness (QED) is 0.498. The van der Waals surface area contributed by atoms with Crippen LogP contribution in [0.2, 0.25) is 0 Å². The molecule has 1 aliphatic rings. The Bertz CT molecular complexity index is 1230. The van der Waals surface area contributed by atoms with Gasteiger partial charge in [-0.05, 0) is 61.3 Å². The van der Waals surface area contributed by atoms with E-state index < -0.39 is 18.0 Å². The lowest BCUT2D eigenvalue weighted by molar-refractivity contribution is -0.129. The highest BCUT2D eigenvalue weighted by Gasteiger charge is 2.40. The first-order chi connectivity index (χ1) is 16.2. The molecule has 3 aromatic rings. The zero-order valence-electron chi connectivity index (χ0n) is 19.4. The number of hydrogen-bond donors (Lipinski definition) is 3. The second kappa shape index (κ2) is 9.77. The first-order valence-corrected chi connectivity index (χ1v) is 11.5. The van der Waals surface area contributed by atoms with Crippen LogP contribution in [0.15, 0.2) is 48.5 Å². The standard InChI is InChI=1S/C26H30FN5O2/c1-15-19(8-10-24(28)31-15)13-30-26(34)16(2)32-14-17(12-23(32)25(29)33)11-18-7-9-22(27)21-6-4-3-5-20(18)21/h3-10,16-17,23H,11-14H2,1-2H3,(H2,28,31)(H2,29,33)(H,30,34)/t16-,17?,23?/m0/s1. The molecule has 0 radical (unpaired) electrons. The number of carbonyl (C=O) groups is 2. The Morgan fingerprint density at radius 3 is 2.56 bits per heavy atom. The molecule has 7 nitrogen and oxygen atoms in total. The van der Waals surface area contributed by atoms with E-state index in [-0.39, 0.29) is 17.6 Å². The van der Waals surface area contributed by atoms with Gasteiger partial charge in [-0.15, -0.1) is 0 Å². The van der Waals surface area contributed by atoms with E-state index in [1.54, 1.807) is 25.1 Å². The van der Waals surface area contributed by atoms with Crippen LogP contribution in [-0.2, 0) is 22.6 Å². The molecular weight excluding hydrogens is 433 g/mol. The van der Waals surface area contributed by atoms with E-state index in [1.807, 2.05) is 36.1 Å². The number of aromatic nitrogens is 1. The van der Waals surface area contributed by atoms with Crippen LogP contribution in [0.4, 0.5) is 10.2 Å². The SMILES string of the molecule is Cc1nc(N)ccc1CNC(=O)[C@H](C)N1CC(Cc2ccc(F)c3ccccc23)CC1C(N)=O. The number of halogens is 1. The number of aryl methyl sites for hydroxylation is 1. The first-order valence-electron chi connectivity index (χ1n) is 11.5.